The van der Waals surface area contributed by atoms with E-state index in [1.54, 1.807) is 12.1 Å². The highest BCUT2D eigenvalue weighted by molar-refractivity contribution is 5.71. The second-order valence-electron chi connectivity index (χ2n) is 8.73. The van der Waals surface area contributed by atoms with E-state index >= 15 is 0 Å². The Labute approximate surface area is 217 Å². The number of carbonyl (C=O) groups is 2. The van der Waals surface area contributed by atoms with E-state index in [-0.39, 0.29) is 30.7 Å². The summed E-state index contributed by atoms with van der Waals surface area (Å²) in [5.41, 5.74) is 1.03. The van der Waals surface area contributed by atoms with Crippen molar-refractivity contribution in [1.82, 2.24) is 19.6 Å². The van der Waals surface area contributed by atoms with E-state index < -0.39 is 4.92 Å². The molecule has 1 saturated heterocycles. The van der Waals surface area contributed by atoms with E-state index in [9.17, 15) is 19.7 Å². The van der Waals surface area contributed by atoms with Crippen molar-refractivity contribution >= 4 is 17.6 Å². The van der Waals surface area contributed by atoms with Crippen LogP contribution in [0.15, 0.2) is 24.3 Å². The zero-order valence-corrected chi connectivity index (χ0v) is 22.0. The SMILES string of the molecule is COOCCN1CCN(CC(=O)OC)CCN(CC(=O)OC)CCN(Cc2ccc([N+](=O)[O-])cc2)CC1. The van der Waals surface area contributed by atoms with Gasteiger partial charge in [0, 0.05) is 77.6 Å². The van der Waals surface area contributed by atoms with Crippen molar-refractivity contribution < 1.29 is 33.8 Å². The fourth-order valence-electron chi connectivity index (χ4n) is 4.00. The van der Waals surface area contributed by atoms with Crippen molar-refractivity contribution in [3.05, 3.63) is 39.9 Å². The lowest BCUT2D eigenvalue weighted by Crippen LogP contribution is -2.48. The van der Waals surface area contributed by atoms with Gasteiger partial charge in [0.05, 0.1) is 45.9 Å². The molecule has 0 atom stereocenters. The van der Waals surface area contributed by atoms with Crippen LogP contribution < -0.4 is 0 Å². The minimum absolute atomic E-state index is 0.0579. The molecule has 0 aromatic heterocycles. The molecule has 0 spiro atoms. The fourth-order valence-corrected chi connectivity index (χ4v) is 4.00. The molecule has 0 saturated carbocycles. The number of nitro benzene ring substituents is 1. The molecule has 0 aliphatic carbocycles. The Morgan fingerprint density at radius 2 is 1.24 bits per heavy atom. The number of nitrogens with zero attached hydrogens (tertiary/aromatic N) is 5. The normalized spacial score (nSPS) is 17.5. The van der Waals surface area contributed by atoms with Crippen LogP contribution in [0.3, 0.4) is 0 Å². The second-order valence-corrected chi connectivity index (χ2v) is 8.73. The van der Waals surface area contributed by atoms with Crippen molar-refractivity contribution in [2.75, 3.05) is 99.9 Å². The molecule has 13 nitrogen and oxygen atoms in total. The highest BCUT2D eigenvalue weighted by Gasteiger charge is 2.20. The first-order chi connectivity index (χ1) is 17.8. The van der Waals surface area contributed by atoms with Crippen LogP contribution in [-0.4, -0.2) is 136 Å². The number of hydrogen-bond acceptors (Lipinski definition) is 12. The van der Waals surface area contributed by atoms with Gasteiger partial charge >= 0.3 is 11.9 Å². The standard InChI is InChI=1S/C24H39N5O8/c1-34-23(30)19-27-11-9-25(16-17-37-36-3)8-10-26(12-13-28(15-14-27)20-24(31)35-2)18-21-4-6-22(7-5-21)29(32)33/h4-7H,8-20H2,1-3H3. The number of ether oxygens (including phenoxy) is 2. The molecule has 0 unspecified atom stereocenters. The van der Waals surface area contributed by atoms with E-state index in [1.807, 2.05) is 9.80 Å². The highest BCUT2D eigenvalue weighted by Crippen LogP contribution is 2.14. The number of carbonyl (C=O) groups excluding carboxylic acids is 2. The highest BCUT2D eigenvalue weighted by atomic mass is 17.2. The zero-order valence-electron chi connectivity index (χ0n) is 22.0. The first kappa shape index (κ1) is 30.5. The van der Waals surface area contributed by atoms with E-state index in [0.717, 1.165) is 18.7 Å². The minimum Gasteiger partial charge on any atom is -0.468 e. The zero-order chi connectivity index (χ0) is 27.0. The maximum atomic E-state index is 12.0. The van der Waals surface area contributed by atoms with E-state index in [2.05, 4.69) is 9.80 Å². The average molecular weight is 526 g/mol. The van der Waals surface area contributed by atoms with Crippen LogP contribution in [0, 0.1) is 10.1 Å². The largest absolute Gasteiger partial charge is 0.468 e. The summed E-state index contributed by atoms with van der Waals surface area (Å²) < 4.78 is 9.75. The van der Waals surface area contributed by atoms with Crippen LogP contribution in [0.1, 0.15) is 5.56 Å². The third kappa shape index (κ3) is 11.9. The van der Waals surface area contributed by atoms with Gasteiger partial charge in [-0.3, -0.25) is 39.3 Å². The number of benzene rings is 1. The number of methoxy groups -OCH3 is 2. The van der Waals surface area contributed by atoms with Gasteiger partial charge in [-0.15, -0.1) is 0 Å². The van der Waals surface area contributed by atoms with Gasteiger partial charge in [-0.2, -0.15) is 0 Å². The Bertz CT molecular complexity index is 841. The van der Waals surface area contributed by atoms with Crippen LogP contribution in [-0.2, 0) is 35.4 Å². The number of non-ortho nitro benzene ring substituents is 1. The molecule has 1 heterocycles. The lowest BCUT2D eigenvalue weighted by molar-refractivity contribution is -0.384. The molecule has 0 N–H and O–H groups in total. The smallest absolute Gasteiger partial charge is 0.319 e. The summed E-state index contributed by atoms with van der Waals surface area (Å²) in [6.45, 7) is 7.23. The topological polar surface area (TPSA) is 127 Å². The molecule has 1 aliphatic heterocycles. The van der Waals surface area contributed by atoms with Crippen molar-refractivity contribution in [2.24, 2.45) is 0 Å². The van der Waals surface area contributed by atoms with Crippen molar-refractivity contribution in [1.29, 1.82) is 0 Å². The van der Waals surface area contributed by atoms with Crippen LogP contribution >= 0.6 is 0 Å². The molecular weight excluding hydrogens is 486 g/mol. The Morgan fingerprint density at radius 3 is 1.68 bits per heavy atom. The summed E-state index contributed by atoms with van der Waals surface area (Å²) in [6.07, 6.45) is 0. The summed E-state index contributed by atoms with van der Waals surface area (Å²) in [4.78, 5) is 53.0. The summed E-state index contributed by atoms with van der Waals surface area (Å²) in [5, 5.41) is 11.0. The van der Waals surface area contributed by atoms with Crippen LogP contribution in [0.25, 0.3) is 0 Å². The molecule has 1 aromatic rings. The number of hydrogen-bond donors (Lipinski definition) is 0. The molecule has 1 aromatic carbocycles. The van der Waals surface area contributed by atoms with Gasteiger partial charge in [0.1, 0.15) is 0 Å². The molecular formula is C24H39N5O8. The third-order valence-electron chi connectivity index (χ3n) is 6.25. The van der Waals surface area contributed by atoms with Crippen LogP contribution in [0.2, 0.25) is 0 Å². The van der Waals surface area contributed by atoms with E-state index in [4.69, 9.17) is 19.2 Å². The predicted octanol–water partition coefficient (Wildman–Crippen LogP) is 0.240. The van der Waals surface area contributed by atoms with Gasteiger partial charge in [-0.05, 0) is 5.56 Å². The van der Waals surface area contributed by atoms with Gasteiger partial charge in [0.2, 0.25) is 0 Å². The van der Waals surface area contributed by atoms with Crippen molar-refractivity contribution in [3.63, 3.8) is 0 Å². The number of nitro groups is 1. The summed E-state index contributed by atoms with van der Waals surface area (Å²) in [7, 11) is 4.21. The molecule has 0 radical (unpaired) electrons. The van der Waals surface area contributed by atoms with E-state index in [0.29, 0.717) is 59.0 Å². The van der Waals surface area contributed by atoms with Crippen molar-refractivity contribution in [2.45, 2.75) is 6.54 Å². The van der Waals surface area contributed by atoms with Gasteiger partial charge in [-0.25, -0.2) is 9.78 Å². The van der Waals surface area contributed by atoms with Gasteiger partial charge in [0.15, 0.2) is 0 Å². The Balaban J connectivity index is 2.17. The summed E-state index contributed by atoms with van der Waals surface area (Å²) in [6, 6.07) is 6.57. The fraction of sp³-hybridized carbons (Fsp3) is 0.667. The monoisotopic (exact) mass is 525 g/mol. The lowest BCUT2D eigenvalue weighted by atomic mass is 10.2. The summed E-state index contributed by atoms with van der Waals surface area (Å²) in [5.74, 6) is -0.631. The number of rotatable bonds is 11. The maximum absolute atomic E-state index is 12.0. The first-order valence-corrected chi connectivity index (χ1v) is 12.3. The number of esters is 2. The van der Waals surface area contributed by atoms with E-state index in [1.165, 1.54) is 33.5 Å². The molecule has 13 heteroatoms. The summed E-state index contributed by atoms with van der Waals surface area (Å²) >= 11 is 0. The molecule has 0 bridgehead atoms. The minimum atomic E-state index is -0.409. The Hall–Kier alpha value is -2.68. The third-order valence-corrected chi connectivity index (χ3v) is 6.25. The molecule has 0 amide bonds. The van der Waals surface area contributed by atoms with Crippen LogP contribution in [0.4, 0.5) is 5.69 Å². The molecule has 1 fully saturated rings. The van der Waals surface area contributed by atoms with Crippen molar-refractivity contribution in [3.8, 4) is 0 Å². The second kappa shape index (κ2) is 16.9. The average Bonchev–Trinajstić information content (AvgIpc) is 2.89. The Morgan fingerprint density at radius 1 is 0.784 bits per heavy atom. The first-order valence-electron chi connectivity index (χ1n) is 12.3. The van der Waals surface area contributed by atoms with Gasteiger partial charge in [-0.1, -0.05) is 12.1 Å². The van der Waals surface area contributed by atoms with Gasteiger partial charge in [0.25, 0.3) is 5.69 Å². The molecule has 37 heavy (non-hydrogen) atoms. The van der Waals surface area contributed by atoms with Gasteiger partial charge < -0.3 is 9.47 Å². The molecule has 2 rings (SSSR count). The molecule has 1 aliphatic rings. The predicted molar refractivity (Wildman–Crippen MR) is 135 cm³/mol. The Kier molecular flexibility index (Phi) is 14.0. The maximum Gasteiger partial charge on any atom is 0.319 e. The quantitative estimate of drug-likeness (QED) is 0.129. The van der Waals surface area contributed by atoms with Crippen LogP contribution in [0.5, 0.6) is 0 Å². The molecule has 208 valence electrons. The lowest BCUT2D eigenvalue weighted by Gasteiger charge is -2.33.